The molecule has 7 nitrogen and oxygen atoms in total. The van der Waals surface area contributed by atoms with Crippen molar-refractivity contribution in [3.05, 3.63) is 64.9 Å². The van der Waals surface area contributed by atoms with Crippen molar-refractivity contribution in [1.82, 2.24) is 10.2 Å². The van der Waals surface area contributed by atoms with Gasteiger partial charge in [0, 0.05) is 17.6 Å². The van der Waals surface area contributed by atoms with Crippen molar-refractivity contribution >= 4 is 39.1 Å². The van der Waals surface area contributed by atoms with E-state index >= 15 is 0 Å². The number of rotatable bonds is 9. The number of halogens is 2. The van der Waals surface area contributed by atoms with Gasteiger partial charge in [-0.1, -0.05) is 49.1 Å². The Kier molecular flexibility index (Phi) is 9.13. The highest BCUT2D eigenvalue weighted by Gasteiger charge is 2.31. The van der Waals surface area contributed by atoms with Crippen LogP contribution in [0.15, 0.2) is 48.5 Å². The number of anilines is 1. The Bertz CT molecular complexity index is 1140. The zero-order valence-electron chi connectivity index (χ0n) is 19.9. The molecule has 1 saturated carbocycles. The second kappa shape index (κ2) is 11.9. The normalized spacial score (nSPS) is 15.3. The molecule has 1 fully saturated rings. The van der Waals surface area contributed by atoms with Crippen molar-refractivity contribution in [2.45, 2.75) is 57.7 Å². The van der Waals surface area contributed by atoms with Crippen LogP contribution in [-0.2, 0) is 26.2 Å². The topological polar surface area (TPSA) is 86.8 Å². The number of nitrogens with one attached hydrogen (secondary N) is 1. The molecule has 3 rings (SSSR count). The molecule has 0 bridgehead atoms. The fraction of sp³-hybridized carbons (Fsp3) is 0.440. The lowest BCUT2D eigenvalue weighted by Crippen LogP contribution is -2.53. The molecule has 0 heterocycles. The minimum Gasteiger partial charge on any atom is -0.352 e. The van der Waals surface area contributed by atoms with Gasteiger partial charge < -0.3 is 10.2 Å². The summed E-state index contributed by atoms with van der Waals surface area (Å²) < 4.78 is 39.3. The first kappa shape index (κ1) is 26.9. The van der Waals surface area contributed by atoms with Crippen LogP contribution in [0.1, 0.15) is 44.6 Å². The van der Waals surface area contributed by atoms with Crippen molar-refractivity contribution < 1.29 is 22.4 Å². The third-order valence-corrected chi connectivity index (χ3v) is 7.72. The van der Waals surface area contributed by atoms with E-state index < -0.39 is 34.3 Å². The lowest BCUT2D eigenvalue weighted by Gasteiger charge is -2.33. The van der Waals surface area contributed by atoms with Crippen LogP contribution in [0, 0.1) is 5.82 Å². The van der Waals surface area contributed by atoms with Crippen LogP contribution >= 0.6 is 11.6 Å². The molecule has 0 radical (unpaired) electrons. The number of sulfonamides is 1. The van der Waals surface area contributed by atoms with Crippen molar-refractivity contribution in [3.8, 4) is 0 Å². The summed E-state index contributed by atoms with van der Waals surface area (Å²) in [6.07, 6.45) is 5.99. The van der Waals surface area contributed by atoms with Crippen LogP contribution < -0.4 is 9.62 Å². The SMILES string of the molecule is CC(C(=O)NC1CCCCC1)N(Cc1ccccc1Cl)C(=O)CN(c1ccc(F)cc1)S(C)(=O)=O. The summed E-state index contributed by atoms with van der Waals surface area (Å²) in [7, 11) is -3.87. The zero-order chi connectivity index (χ0) is 25.6. The van der Waals surface area contributed by atoms with E-state index in [1.165, 1.54) is 17.0 Å². The Hall–Kier alpha value is -2.65. The Morgan fingerprint density at radius 1 is 1.09 bits per heavy atom. The highest BCUT2D eigenvalue weighted by Crippen LogP contribution is 2.22. The van der Waals surface area contributed by atoms with Gasteiger partial charge in [-0.2, -0.15) is 0 Å². The first-order valence-electron chi connectivity index (χ1n) is 11.6. The molecule has 0 saturated heterocycles. The molecule has 1 aliphatic carbocycles. The zero-order valence-corrected chi connectivity index (χ0v) is 21.5. The number of carbonyl (C=O) groups is 2. The van der Waals surface area contributed by atoms with Gasteiger partial charge in [-0.25, -0.2) is 12.8 Å². The largest absolute Gasteiger partial charge is 0.352 e. The quantitative estimate of drug-likeness (QED) is 0.536. The minimum absolute atomic E-state index is 0.0266. The molecule has 10 heteroatoms. The molecule has 0 aliphatic heterocycles. The predicted molar refractivity (Wildman–Crippen MR) is 135 cm³/mol. The molecular weight excluding hydrogens is 493 g/mol. The van der Waals surface area contributed by atoms with Crippen LogP contribution in [0.25, 0.3) is 0 Å². The fourth-order valence-electron chi connectivity index (χ4n) is 4.18. The van der Waals surface area contributed by atoms with Gasteiger partial charge in [0.2, 0.25) is 21.8 Å². The van der Waals surface area contributed by atoms with Crippen molar-refractivity contribution in [2.24, 2.45) is 0 Å². The molecule has 2 aromatic carbocycles. The monoisotopic (exact) mass is 523 g/mol. The summed E-state index contributed by atoms with van der Waals surface area (Å²) in [6.45, 7) is 1.10. The molecule has 1 N–H and O–H groups in total. The summed E-state index contributed by atoms with van der Waals surface area (Å²) in [5.41, 5.74) is 0.784. The number of carbonyl (C=O) groups excluding carboxylic acids is 2. The lowest BCUT2D eigenvalue weighted by molar-refractivity contribution is -0.139. The second-order valence-corrected chi connectivity index (χ2v) is 11.2. The Balaban J connectivity index is 1.87. The molecule has 190 valence electrons. The van der Waals surface area contributed by atoms with Gasteiger partial charge >= 0.3 is 0 Å². The van der Waals surface area contributed by atoms with Crippen molar-refractivity contribution in [3.63, 3.8) is 0 Å². The van der Waals surface area contributed by atoms with Crippen LogP contribution in [0.3, 0.4) is 0 Å². The maximum Gasteiger partial charge on any atom is 0.244 e. The third-order valence-electron chi connectivity index (χ3n) is 6.21. The van der Waals surface area contributed by atoms with E-state index in [1.807, 2.05) is 0 Å². The molecule has 2 amide bonds. The van der Waals surface area contributed by atoms with Crippen LogP contribution in [0.2, 0.25) is 5.02 Å². The second-order valence-electron chi connectivity index (χ2n) is 8.88. The predicted octanol–water partition coefficient (Wildman–Crippen LogP) is 4.11. The average Bonchev–Trinajstić information content (AvgIpc) is 2.82. The lowest BCUT2D eigenvalue weighted by atomic mass is 9.95. The minimum atomic E-state index is -3.87. The Morgan fingerprint density at radius 3 is 2.31 bits per heavy atom. The summed E-state index contributed by atoms with van der Waals surface area (Å²) in [5.74, 6) is -1.40. The molecule has 1 unspecified atom stereocenters. The molecule has 35 heavy (non-hydrogen) atoms. The number of hydrogen-bond donors (Lipinski definition) is 1. The van der Waals surface area contributed by atoms with Gasteiger partial charge in [-0.15, -0.1) is 0 Å². The van der Waals surface area contributed by atoms with Crippen LogP contribution in [0.5, 0.6) is 0 Å². The molecule has 1 aliphatic rings. The van der Waals surface area contributed by atoms with Gasteiger partial charge in [-0.3, -0.25) is 13.9 Å². The van der Waals surface area contributed by atoms with Crippen LogP contribution in [-0.4, -0.2) is 50.0 Å². The highest BCUT2D eigenvalue weighted by atomic mass is 35.5. The van der Waals surface area contributed by atoms with E-state index in [2.05, 4.69) is 5.32 Å². The van der Waals surface area contributed by atoms with E-state index in [0.29, 0.717) is 10.6 Å². The van der Waals surface area contributed by atoms with E-state index in [-0.39, 0.29) is 24.2 Å². The number of nitrogens with zero attached hydrogens (tertiary/aromatic N) is 2. The van der Waals surface area contributed by atoms with Gasteiger partial charge in [-0.05, 0) is 55.7 Å². The van der Waals surface area contributed by atoms with E-state index in [9.17, 15) is 22.4 Å². The summed E-state index contributed by atoms with van der Waals surface area (Å²) in [4.78, 5) is 28.0. The maximum absolute atomic E-state index is 13.5. The Morgan fingerprint density at radius 2 is 1.71 bits per heavy atom. The standard InChI is InChI=1S/C25H31ClFN3O4S/c1-18(25(32)28-21-9-4-3-5-10-21)29(16-19-8-6-7-11-23(19)26)24(31)17-30(35(2,33)34)22-14-12-20(27)13-15-22/h6-8,11-15,18,21H,3-5,9-10,16-17H2,1-2H3,(H,28,32). The molecule has 2 aromatic rings. The fourth-order valence-corrected chi connectivity index (χ4v) is 5.23. The highest BCUT2D eigenvalue weighted by molar-refractivity contribution is 7.92. The number of hydrogen-bond acceptors (Lipinski definition) is 4. The summed E-state index contributed by atoms with van der Waals surface area (Å²) in [6, 6.07) is 11.0. The van der Waals surface area contributed by atoms with Crippen molar-refractivity contribution in [1.29, 1.82) is 0 Å². The van der Waals surface area contributed by atoms with Gasteiger partial charge in [0.1, 0.15) is 18.4 Å². The number of amides is 2. The smallest absolute Gasteiger partial charge is 0.244 e. The average molecular weight is 524 g/mol. The first-order chi connectivity index (χ1) is 16.6. The Labute approximate surface area is 211 Å². The number of benzene rings is 2. The molecule has 0 spiro atoms. The van der Waals surface area contributed by atoms with Gasteiger partial charge in [0.25, 0.3) is 0 Å². The first-order valence-corrected chi connectivity index (χ1v) is 13.9. The molecule has 1 atom stereocenters. The molecular formula is C25H31ClFN3O4S. The maximum atomic E-state index is 13.5. The molecule has 0 aromatic heterocycles. The summed E-state index contributed by atoms with van der Waals surface area (Å²) >= 11 is 6.32. The van der Waals surface area contributed by atoms with E-state index in [4.69, 9.17) is 11.6 Å². The van der Waals surface area contributed by atoms with E-state index in [1.54, 1.807) is 31.2 Å². The van der Waals surface area contributed by atoms with Crippen LogP contribution in [0.4, 0.5) is 10.1 Å². The van der Waals surface area contributed by atoms with Gasteiger partial charge in [0.05, 0.1) is 11.9 Å². The van der Waals surface area contributed by atoms with Crippen molar-refractivity contribution in [2.75, 3.05) is 17.1 Å². The summed E-state index contributed by atoms with van der Waals surface area (Å²) in [5, 5.41) is 3.47. The van der Waals surface area contributed by atoms with E-state index in [0.717, 1.165) is 54.8 Å². The third kappa shape index (κ3) is 7.41. The van der Waals surface area contributed by atoms with Gasteiger partial charge in [0.15, 0.2) is 0 Å².